The molecule has 3 unspecified atom stereocenters. The number of rotatable bonds is 1. The topological polar surface area (TPSA) is 52.6 Å². The summed E-state index contributed by atoms with van der Waals surface area (Å²) in [5.74, 6) is -1.10. The molecule has 3 atom stereocenters. The Bertz CT molecular complexity index is 426. The van der Waals surface area contributed by atoms with E-state index in [1.54, 1.807) is 13.0 Å². The maximum Gasteiger partial charge on any atom is 0.337 e. The summed E-state index contributed by atoms with van der Waals surface area (Å²) in [6.07, 6.45) is 2.39. The molecule has 17 heavy (non-hydrogen) atoms. The number of ketones is 1. The number of esters is 1. The third-order valence-electron chi connectivity index (χ3n) is 3.16. The third-order valence-corrected chi connectivity index (χ3v) is 3.16. The fraction of sp³-hybridized carbons (Fsp3) is 0.500. The number of carbonyl (C=O) groups is 2. The number of alkyl halides is 1. The zero-order valence-corrected chi connectivity index (χ0v) is 9.60. The molecule has 0 saturated carbocycles. The van der Waals surface area contributed by atoms with E-state index in [0.717, 1.165) is 0 Å². The van der Waals surface area contributed by atoms with Crippen LogP contribution in [0.2, 0.25) is 0 Å². The van der Waals surface area contributed by atoms with Gasteiger partial charge in [0.1, 0.15) is 0 Å². The van der Waals surface area contributed by atoms with Crippen LogP contribution in [-0.4, -0.2) is 37.7 Å². The van der Waals surface area contributed by atoms with Gasteiger partial charge in [0.05, 0.1) is 30.8 Å². The molecular formula is C12H13FO4. The first-order chi connectivity index (χ1) is 7.99. The molecule has 0 N–H and O–H groups in total. The molecule has 4 nitrogen and oxygen atoms in total. The Morgan fingerprint density at radius 2 is 2.35 bits per heavy atom. The van der Waals surface area contributed by atoms with Crippen molar-refractivity contribution in [1.82, 2.24) is 0 Å². The van der Waals surface area contributed by atoms with Crippen molar-refractivity contribution in [3.05, 3.63) is 23.8 Å². The molecule has 0 spiro atoms. The van der Waals surface area contributed by atoms with Crippen molar-refractivity contribution >= 4 is 11.8 Å². The summed E-state index contributed by atoms with van der Waals surface area (Å²) in [4.78, 5) is 23.2. The van der Waals surface area contributed by atoms with Crippen LogP contribution in [0.3, 0.4) is 0 Å². The molecule has 0 bridgehead atoms. The zero-order valence-electron chi connectivity index (χ0n) is 9.60. The molecule has 2 aliphatic rings. The highest BCUT2D eigenvalue weighted by Crippen LogP contribution is 2.38. The monoisotopic (exact) mass is 240 g/mol. The van der Waals surface area contributed by atoms with E-state index < -0.39 is 29.4 Å². The highest BCUT2D eigenvalue weighted by molar-refractivity contribution is 5.97. The highest BCUT2D eigenvalue weighted by Gasteiger charge is 2.48. The maximum absolute atomic E-state index is 13.4. The Kier molecular flexibility index (Phi) is 2.87. The van der Waals surface area contributed by atoms with Crippen LogP contribution in [0.1, 0.15) is 6.92 Å². The molecule has 0 aromatic rings. The number of halogens is 1. The normalized spacial score (nSPS) is 36.2. The van der Waals surface area contributed by atoms with Gasteiger partial charge >= 0.3 is 5.97 Å². The van der Waals surface area contributed by atoms with Gasteiger partial charge in [-0.15, -0.1) is 0 Å². The molecule has 92 valence electrons. The number of methoxy groups -OCH3 is 1. The number of hydrogen-bond acceptors (Lipinski definition) is 4. The van der Waals surface area contributed by atoms with E-state index >= 15 is 0 Å². The van der Waals surface area contributed by atoms with E-state index in [9.17, 15) is 14.0 Å². The summed E-state index contributed by atoms with van der Waals surface area (Å²) in [6, 6.07) is 0. The number of Topliss-reactive ketones (excluding diaryl/α,β-unsaturated/α-hetero) is 1. The third kappa shape index (κ3) is 1.80. The van der Waals surface area contributed by atoms with E-state index in [0.29, 0.717) is 0 Å². The molecule has 1 saturated heterocycles. The number of fused-ring (bicyclic) bond motifs is 1. The lowest BCUT2D eigenvalue weighted by atomic mass is 9.72. The van der Waals surface area contributed by atoms with Gasteiger partial charge in [-0.3, -0.25) is 4.79 Å². The smallest absolute Gasteiger partial charge is 0.337 e. The van der Waals surface area contributed by atoms with Gasteiger partial charge in [-0.2, -0.15) is 0 Å². The van der Waals surface area contributed by atoms with Crippen LogP contribution >= 0.6 is 0 Å². The van der Waals surface area contributed by atoms with Gasteiger partial charge in [0.2, 0.25) is 0 Å². The molecule has 1 aliphatic carbocycles. The zero-order chi connectivity index (χ0) is 12.6. The first-order valence-corrected chi connectivity index (χ1v) is 5.28. The standard InChI is InChI=1S/C12H13FO4/c1-12-5-7(11(15)16-2)3-4-9(12)17-6-8(13)10(12)14/h3-5,8-9H,6H2,1-2H3. The van der Waals surface area contributed by atoms with Gasteiger partial charge < -0.3 is 9.47 Å². The second-order valence-electron chi connectivity index (χ2n) is 4.32. The second-order valence-corrected chi connectivity index (χ2v) is 4.32. The Labute approximate surface area is 98.1 Å². The van der Waals surface area contributed by atoms with Crippen LogP contribution in [0.25, 0.3) is 0 Å². The largest absolute Gasteiger partial charge is 0.465 e. The Morgan fingerprint density at radius 1 is 1.65 bits per heavy atom. The van der Waals surface area contributed by atoms with Crippen LogP contribution in [-0.2, 0) is 19.1 Å². The first-order valence-electron chi connectivity index (χ1n) is 5.28. The quantitative estimate of drug-likeness (QED) is 0.641. The van der Waals surface area contributed by atoms with E-state index in [4.69, 9.17) is 4.74 Å². The van der Waals surface area contributed by atoms with Gasteiger partial charge in [0, 0.05) is 0 Å². The minimum Gasteiger partial charge on any atom is -0.465 e. The molecule has 0 aromatic carbocycles. The van der Waals surface area contributed by atoms with Crippen LogP contribution in [0, 0.1) is 5.41 Å². The van der Waals surface area contributed by atoms with Crippen molar-refractivity contribution in [1.29, 1.82) is 0 Å². The van der Waals surface area contributed by atoms with Crippen LogP contribution in [0.4, 0.5) is 4.39 Å². The van der Waals surface area contributed by atoms with Crippen molar-refractivity contribution in [2.45, 2.75) is 19.2 Å². The molecule has 1 heterocycles. The lowest BCUT2D eigenvalue weighted by Gasteiger charge is -2.39. The van der Waals surface area contributed by atoms with Crippen molar-refractivity contribution in [2.75, 3.05) is 13.7 Å². The van der Waals surface area contributed by atoms with Crippen molar-refractivity contribution in [2.24, 2.45) is 5.41 Å². The SMILES string of the molecule is COC(=O)C1=CC2(C)C(=O)C(F)COC2C=C1. The Hall–Kier alpha value is -1.49. The summed E-state index contributed by atoms with van der Waals surface area (Å²) < 4.78 is 23.2. The number of carbonyl (C=O) groups excluding carboxylic acids is 2. The molecule has 1 aliphatic heterocycles. The Morgan fingerprint density at radius 3 is 3.00 bits per heavy atom. The number of ether oxygens (including phenoxy) is 2. The lowest BCUT2D eigenvalue weighted by molar-refractivity contribution is -0.150. The summed E-state index contributed by atoms with van der Waals surface area (Å²) in [7, 11) is 1.25. The average molecular weight is 240 g/mol. The average Bonchev–Trinajstić information content (AvgIpc) is 2.33. The van der Waals surface area contributed by atoms with E-state index in [2.05, 4.69) is 4.74 Å². The van der Waals surface area contributed by atoms with Crippen molar-refractivity contribution < 1.29 is 23.5 Å². The molecule has 5 heteroatoms. The van der Waals surface area contributed by atoms with Crippen molar-refractivity contribution in [3.8, 4) is 0 Å². The summed E-state index contributed by atoms with van der Waals surface area (Å²) >= 11 is 0. The summed E-state index contributed by atoms with van der Waals surface area (Å²) in [5.41, 5.74) is -0.882. The lowest BCUT2D eigenvalue weighted by Crippen LogP contribution is -2.51. The molecule has 0 aromatic heterocycles. The van der Waals surface area contributed by atoms with Gasteiger partial charge in [-0.25, -0.2) is 9.18 Å². The molecule has 2 rings (SSSR count). The fourth-order valence-corrected chi connectivity index (χ4v) is 2.13. The predicted molar refractivity (Wildman–Crippen MR) is 57.0 cm³/mol. The van der Waals surface area contributed by atoms with Gasteiger partial charge in [0.25, 0.3) is 0 Å². The molecular weight excluding hydrogens is 227 g/mol. The van der Waals surface area contributed by atoms with Gasteiger partial charge in [0.15, 0.2) is 12.0 Å². The van der Waals surface area contributed by atoms with Gasteiger partial charge in [-0.1, -0.05) is 12.2 Å². The fourth-order valence-electron chi connectivity index (χ4n) is 2.13. The van der Waals surface area contributed by atoms with E-state index in [1.807, 2.05) is 0 Å². The second kappa shape index (κ2) is 4.07. The van der Waals surface area contributed by atoms with Crippen molar-refractivity contribution in [3.63, 3.8) is 0 Å². The molecule has 0 radical (unpaired) electrons. The summed E-state index contributed by atoms with van der Waals surface area (Å²) in [5, 5.41) is 0. The number of hydrogen-bond donors (Lipinski definition) is 0. The van der Waals surface area contributed by atoms with Crippen LogP contribution in [0.5, 0.6) is 0 Å². The Balaban J connectivity index is 2.37. The van der Waals surface area contributed by atoms with Crippen LogP contribution in [0.15, 0.2) is 23.8 Å². The van der Waals surface area contributed by atoms with Gasteiger partial charge in [-0.05, 0) is 13.0 Å². The van der Waals surface area contributed by atoms with E-state index in [-0.39, 0.29) is 12.2 Å². The minimum atomic E-state index is -1.64. The highest BCUT2D eigenvalue weighted by atomic mass is 19.1. The minimum absolute atomic E-state index is 0.231. The van der Waals surface area contributed by atoms with Crippen LogP contribution < -0.4 is 0 Å². The maximum atomic E-state index is 13.4. The molecule has 1 fully saturated rings. The summed E-state index contributed by atoms with van der Waals surface area (Å²) in [6.45, 7) is 1.34. The first kappa shape index (κ1) is 12.0. The van der Waals surface area contributed by atoms with E-state index in [1.165, 1.54) is 19.3 Å². The predicted octanol–water partition coefficient (Wildman–Crippen LogP) is 0.968. The molecule has 0 amide bonds.